The average molecular weight is 469 g/mol. The van der Waals surface area contributed by atoms with Crippen molar-refractivity contribution < 1.29 is 14.4 Å². The second-order valence-electron chi connectivity index (χ2n) is 8.91. The predicted octanol–water partition coefficient (Wildman–Crippen LogP) is 3.94. The van der Waals surface area contributed by atoms with Crippen molar-refractivity contribution in [1.82, 2.24) is 10.6 Å². The standard InChI is InChI=1S/C28H28N4O3/c33-26(30-23-14-8-12-21-11-4-5-13-22(21)23)18-31-24-15-6-7-16-25(24)32(19-27(31)34)28(35)29-17-20-9-2-1-3-10-20/h1-7,9-11,13,15-16,23H,8,12,14,17-19H2,(H,29,35)(H,30,33)/t23-/m0/s1. The molecule has 0 unspecified atom stereocenters. The lowest BCUT2D eigenvalue weighted by Crippen LogP contribution is -2.53. The SMILES string of the molecule is O=C(CN1C(=O)CN(C(=O)NCc2ccccc2)c2ccccc21)N[C@H]1CCCc2ccccc21. The zero-order chi connectivity index (χ0) is 24.2. The first kappa shape index (κ1) is 22.7. The van der Waals surface area contributed by atoms with Crippen LogP contribution in [0.25, 0.3) is 0 Å². The Morgan fingerprint density at radius 1 is 0.886 bits per heavy atom. The van der Waals surface area contributed by atoms with E-state index >= 15 is 0 Å². The summed E-state index contributed by atoms with van der Waals surface area (Å²) in [6, 6.07) is 24.6. The van der Waals surface area contributed by atoms with Gasteiger partial charge in [-0.25, -0.2) is 4.79 Å². The maximum absolute atomic E-state index is 13.1. The summed E-state index contributed by atoms with van der Waals surface area (Å²) >= 11 is 0. The van der Waals surface area contributed by atoms with Gasteiger partial charge in [0.05, 0.1) is 17.4 Å². The number of hydrogen-bond acceptors (Lipinski definition) is 3. The van der Waals surface area contributed by atoms with Gasteiger partial charge in [0.1, 0.15) is 13.1 Å². The summed E-state index contributed by atoms with van der Waals surface area (Å²) in [5.74, 6) is -0.505. The zero-order valence-corrected chi connectivity index (χ0v) is 19.4. The van der Waals surface area contributed by atoms with Crippen LogP contribution in [0.4, 0.5) is 16.2 Å². The molecule has 1 atom stereocenters. The molecule has 3 aromatic rings. The number of nitrogens with zero attached hydrogens (tertiary/aromatic N) is 2. The first-order valence-electron chi connectivity index (χ1n) is 12.0. The van der Waals surface area contributed by atoms with Crippen LogP contribution in [0, 0.1) is 0 Å². The number of rotatable bonds is 5. The van der Waals surface area contributed by atoms with Crippen LogP contribution in [-0.2, 0) is 22.6 Å². The lowest BCUT2D eigenvalue weighted by atomic mass is 9.88. The van der Waals surface area contributed by atoms with E-state index in [9.17, 15) is 14.4 Å². The number of para-hydroxylation sites is 2. The van der Waals surface area contributed by atoms with Gasteiger partial charge < -0.3 is 10.6 Å². The molecule has 1 aliphatic heterocycles. The normalized spacial score (nSPS) is 16.8. The van der Waals surface area contributed by atoms with Gasteiger partial charge in [0, 0.05) is 6.54 Å². The summed E-state index contributed by atoms with van der Waals surface area (Å²) in [5.41, 5.74) is 4.55. The van der Waals surface area contributed by atoms with Gasteiger partial charge in [-0.1, -0.05) is 66.7 Å². The molecule has 1 heterocycles. The zero-order valence-electron chi connectivity index (χ0n) is 19.4. The molecule has 0 bridgehead atoms. The smallest absolute Gasteiger partial charge is 0.322 e. The topological polar surface area (TPSA) is 81.8 Å². The number of carbonyl (C=O) groups excluding carboxylic acids is 3. The first-order chi connectivity index (χ1) is 17.1. The summed E-state index contributed by atoms with van der Waals surface area (Å²) < 4.78 is 0. The minimum atomic E-state index is -0.349. The Hall–Kier alpha value is -4.13. The summed E-state index contributed by atoms with van der Waals surface area (Å²) in [7, 11) is 0. The predicted molar refractivity (Wildman–Crippen MR) is 135 cm³/mol. The highest BCUT2D eigenvalue weighted by Gasteiger charge is 2.34. The Labute approximate surface area is 204 Å². The van der Waals surface area contributed by atoms with E-state index in [-0.39, 0.29) is 37.0 Å². The molecule has 5 rings (SSSR count). The van der Waals surface area contributed by atoms with E-state index in [1.54, 1.807) is 18.2 Å². The van der Waals surface area contributed by atoms with Gasteiger partial charge >= 0.3 is 6.03 Å². The highest BCUT2D eigenvalue weighted by atomic mass is 16.2. The number of amides is 4. The number of urea groups is 1. The highest BCUT2D eigenvalue weighted by Crippen LogP contribution is 2.34. The van der Waals surface area contributed by atoms with E-state index in [1.807, 2.05) is 48.5 Å². The fourth-order valence-electron chi connectivity index (χ4n) is 4.87. The van der Waals surface area contributed by atoms with Gasteiger partial charge in [0.15, 0.2) is 0 Å². The van der Waals surface area contributed by atoms with E-state index in [4.69, 9.17) is 0 Å². The van der Waals surface area contributed by atoms with E-state index in [1.165, 1.54) is 15.4 Å². The van der Waals surface area contributed by atoms with Gasteiger partial charge in [-0.15, -0.1) is 0 Å². The van der Waals surface area contributed by atoms with Crippen LogP contribution >= 0.6 is 0 Å². The third-order valence-electron chi connectivity index (χ3n) is 6.60. The quantitative estimate of drug-likeness (QED) is 0.595. The largest absolute Gasteiger partial charge is 0.348 e. The van der Waals surface area contributed by atoms with Gasteiger partial charge in [-0.05, 0) is 48.1 Å². The first-order valence-corrected chi connectivity index (χ1v) is 12.0. The Bertz CT molecular complexity index is 1240. The van der Waals surface area contributed by atoms with Crippen LogP contribution in [0.15, 0.2) is 78.9 Å². The van der Waals surface area contributed by atoms with Gasteiger partial charge in [-0.3, -0.25) is 19.4 Å². The maximum atomic E-state index is 13.1. The van der Waals surface area contributed by atoms with Gasteiger partial charge in [-0.2, -0.15) is 0 Å². The summed E-state index contributed by atoms with van der Waals surface area (Å²) in [6.45, 7) is 0.146. The van der Waals surface area contributed by atoms with Crippen molar-refractivity contribution in [2.75, 3.05) is 22.9 Å². The molecule has 7 heteroatoms. The van der Waals surface area contributed by atoms with Crippen molar-refractivity contribution in [3.8, 4) is 0 Å². The van der Waals surface area contributed by atoms with Crippen LogP contribution in [0.1, 0.15) is 35.6 Å². The highest BCUT2D eigenvalue weighted by molar-refractivity contribution is 6.12. The Morgan fingerprint density at radius 3 is 2.43 bits per heavy atom. The molecular formula is C28H28N4O3. The molecule has 0 spiro atoms. The van der Waals surface area contributed by atoms with E-state index < -0.39 is 0 Å². The Morgan fingerprint density at radius 2 is 1.60 bits per heavy atom. The molecule has 2 N–H and O–H groups in total. The van der Waals surface area contributed by atoms with Gasteiger partial charge in [0.2, 0.25) is 11.8 Å². The minimum absolute atomic E-state index is 0.0529. The fourth-order valence-corrected chi connectivity index (χ4v) is 4.87. The van der Waals surface area contributed by atoms with Crippen LogP contribution in [-0.4, -0.2) is 30.9 Å². The van der Waals surface area contributed by atoms with Crippen molar-refractivity contribution in [3.63, 3.8) is 0 Å². The second kappa shape index (κ2) is 10.0. The number of aryl methyl sites for hydroxylation is 1. The van der Waals surface area contributed by atoms with E-state index in [0.717, 1.165) is 30.4 Å². The fraction of sp³-hybridized carbons (Fsp3) is 0.250. The number of benzene rings is 3. The molecule has 4 amide bonds. The summed E-state index contributed by atoms with van der Waals surface area (Å²) in [6.07, 6.45) is 2.91. The van der Waals surface area contributed by atoms with Crippen molar-refractivity contribution in [3.05, 3.63) is 95.6 Å². The number of nitrogens with one attached hydrogen (secondary N) is 2. The number of hydrogen-bond donors (Lipinski definition) is 2. The maximum Gasteiger partial charge on any atom is 0.322 e. The molecule has 35 heavy (non-hydrogen) atoms. The van der Waals surface area contributed by atoms with Crippen LogP contribution in [0.3, 0.4) is 0 Å². The summed E-state index contributed by atoms with van der Waals surface area (Å²) in [5, 5.41) is 6.01. The molecule has 0 saturated heterocycles. The number of fused-ring (bicyclic) bond motifs is 2. The third-order valence-corrected chi connectivity index (χ3v) is 6.60. The lowest BCUT2D eigenvalue weighted by molar-refractivity contribution is -0.124. The average Bonchev–Trinajstić information content (AvgIpc) is 2.89. The molecule has 0 saturated carbocycles. The van der Waals surface area contributed by atoms with Crippen LogP contribution in [0.2, 0.25) is 0 Å². The van der Waals surface area contributed by atoms with Crippen molar-refractivity contribution in [2.24, 2.45) is 0 Å². The van der Waals surface area contributed by atoms with Crippen LogP contribution in [0.5, 0.6) is 0 Å². The molecule has 178 valence electrons. The van der Waals surface area contributed by atoms with Gasteiger partial charge in [0.25, 0.3) is 0 Å². The molecular weight excluding hydrogens is 440 g/mol. The summed E-state index contributed by atoms with van der Waals surface area (Å²) in [4.78, 5) is 42.0. The minimum Gasteiger partial charge on any atom is -0.348 e. The molecule has 0 aromatic heterocycles. The third kappa shape index (κ3) is 4.89. The number of anilines is 2. The molecule has 1 aliphatic carbocycles. The Kier molecular flexibility index (Phi) is 6.48. The number of carbonyl (C=O) groups is 3. The van der Waals surface area contributed by atoms with Crippen LogP contribution < -0.4 is 20.4 Å². The molecule has 0 radical (unpaired) electrons. The molecule has 0 fully saturated rings. The van der Waals surface area contributed by atoms with E-state index in [0.29, 0.717) is 17.9 Å². The molecule has 2 aliphatic rings. The molecule has 7 nitrogen and oxygen atoms in total. The van der Waals surface area contributed by atoms with Crippen molar-refractivity contribution >= 4 is 29.2 Å². The Balaban J connectivity index is 1.29. The monoisotopic (exact) mass is 468 g/mol. The van der Waals surface area contributed by atoms with Crippen molar-refractivity contribution in [1.29, 1.82) is 0 Å². The van der Waals surface area contributed by atoms with Crippen molar-refractivity contribution in [2.45, 2.75) is 31.8 Å². The van der Waals surface area contributed by atoms with E-state index in [2.05, 4.69) is 22.8 Å². The lowest BCUT2D eigenvalue weighted by Gasteiger charge is -2.36. The second-order valence-corrected chi connectivity index (χ2v) is 8.91. The molecule has 3 aromatic carbocycles.